The molecule has 0 unspecified atom stereocenters. The molecule has 10 nitrogen and oxygen atoms in total. The first kappa shape index (κ1) is 51.5. The molecule has 4 aromatic heterocycles. The zero-order valence-electron chi connectivity index (χ0n) is 42.4. The van der Waals surface area contributed by atoms with Gasteiger partial charge in [-0.2, -0.15) is 5.10 Å². The van der Waals surface area contributed by atoms with E-state index in [4.69, 9.17) is 0 Å². The molecular weight excluding hydrogens is 861 g/mol. The Morgan fingerprint density at radius 2 is 0.843 bits per heavy atom. The molecule has 0 amide bonds. The highest BCUT2D eigenvalue weighted by molar-refractivity contribution is 6.08. The van der Waals surface area contributed by atoms with Crippen LogP contribution in [0, 0.1) is 0 Å². The smallest absolute Gasteiger partial charge is 0.163 e. The molecule has 4 heterocycles. The number of hydrogen-bond donors (Lipinski definition) is 0. The molecule has 0 aliphatic heterocycles. The van der Waals surface area contributed by atoms with E-state index in [1.807, 2.05) is 85.2 Å². The number of benzene rings is 6. The number of aromatic nitrogens is 9. The summed E-state index contributed by atoms with van der Waals surface area (Å²) in [7, 11) is 0. The molecule has 0 atom stereocenters. The van der Waals surface area contributed by atoms with E-state index >= 15 is 0 Å². The molecule has 0 spiro atoms. The summed E-state index contributed by atoms with van der Waals surface area (Å²) in [6, 6.07) is 59.7. The third-order valence-corrected chi connectivity index (χ3v) is 11.2. The Morgan fingerprint density at radius 1 is 0.414 bits per heavy atom. The first-order valence-electron chi connectivity index (χ1n) is 24.3. The van der Waals surface area contributed by atoms with Crippen LogP contribution in [0.5, 0.6) is 0 Å². The van der Waals surface area contributed by atoms with Crippen LogP contribution >= 0.6 is 0 Å². The van der Waals surface area contributed by atoms with Crippen molar-refractivity contribution in [3.05, 3.63) is 213 Å². The Morgan fingerprint density at radius 3 is 1.19 bits per heavy atom. The third kappa shape index (κ3) is 14.3. The molecule has 0 saturated carbocycles. The predicted octanol–water partition coefficient (Wildman–Crippen LogP) is 15.4. The van der Waals surface area contributed by atoms with Crippen molar-refractivity contribution in [3.63, 3.8) is 0 Å². The number of hydrogen-bond acceptors (Lipinski definition) is 8. The number of para-hydroxylation sites is 4. The van der Waals surface area contributed by atoms with Crippen LogP contribution in [0.2, 0.25) is 0 Å². The van der Waals surface area contributed by atoms with Gasteiger partial charge in [0.25, 0.3) is 0 Å². The van der Waals surface area contributed by atoms with Gasteiger partial charge in [0, 0.05) is 80.7 Å². The summed E-state index contributed by atoms with van der Waals surface area (Å²) in [5, 5.41) is 6.63. The van der Waals surface area contributed by atoms with Crippen molar-refractivity contribution < 1.29 is 0 Å². The Balaban J connectivity index is 0.000000149. The Labute approximate surface area is 415 Å². The standard InChI is InChI=1S/C18H17N3.C15H15N.C15H17N.C7H10N2.C5H9N3/c1-13(2)16-19-17(14-9-5-3-6-10-14)21-18(20-16)15-11-7-4-8-12-15;1-11(2)16-14-9-5-3-7-12(14)13-8-4-6-10-15(13)16;1-13(2)16(14-9-5-3-6-10-14)15-11-7-4-8-12-15;1-6(2)7-3-8-5-9-4-7;1-5(2)8-4-6-3-7-8/h3-13H,1-2H3;3-11H,1-2H3;3-13H,1-2H3;3-6H,1-2H3;3-5H,1-2H3. The molecule has 0 bridgehead atoms. The summed E-state index contributed by atoms with van der Waals surface area (Å²) < 4.78 is 4.21. The minimum absolute atomic E-state index is 0.262. The number of anilines is 2. The maximum Gasteiger partial charge on any atom is 0.163 e. The molecular formula is C60H68N10. The summed E-state index contributed by atoms with van der Waals surface area (Å²) in [4.78, 5) is 27.8. The highest BCUT2D eigenvalue weighted by Crippen LogP contribution is 2.31. The molecule has 0 N–H and O–H groups in total. The summed E-state index contributed by atoms with van der Waals surface area (Å²) in [6.45, 7) is 21.5. The van der Waals surface area contributed by atoms with E-state index in [9.17, 15) is 0 Å². The van der Waals surface area contributed by atoms with E-state index < -0.39 is 0 Å². The van der Waals surface area contributed by atoms with Crippen molar-refractivity contribution in [2.75, 3.05) is 4.90 Å². The van der Waals surface area contributed by atoms with Crippen molar-refractivity contribution in [3.8, 4) is 22.8 Å². The van der Waals surface area contributed by atoms with Crippen molar-refractivity contribution in [2.45, 2.75) is 99.2 Å². The number of nitrogens with zero attached hydrogens (tertiary/aromatic N) is 10. The SMILES string of the molecule is CC(C)N(c1ccccc1)c1ccccc1.CC(C)c1cncnc1.CC(C)c1nc(-c2ccccc2)nc(-c2ccccc2)n1.CC(C)n1c2ccccc2c2ccccc21.CC(C)n1cncn1. The van der Waals surface area contributed by atoms with Crippen molar-refractivity contribution in [2.24, 2.45) is 0 Å². The van der Waals surface area contributed by atoms with Crippen LogP contribution in [0.15, 0.2) is 201 Å². The maximum atomic E-state index is 4.63. The summed E-state index contributed by atoms with van der Waals surface area (Å²) in [5.41, 5.74) is 8.36. The van der Waals surface area contributed by atoms with Gasteiger partial charge in [0.05, 0.1) is 0 Å². The highest BCUT2D eigenvalue weighted by Gasteiger charge is 2.14. The Bertz CT molecular complexity index is 2860. The normalized spacial score (nSPS) is 10.8. The van der Waals surface area contributed by atoms with E-state index in [-0.39, 0.29) is 5.92 Å². The molecule has 70 heavy (non-hydrogen) atoms. The van der Waals surface area contributed by atoms with Gasteiger partial charge in [0.1, 0.15) is 24.8 Å². The molecule has 10 aromatic rings. The fourth-order valence-corrected chi connectivity index (χ4v) is 7.61. The van der Waals surface area contributed by atoms with E-state index in [0.29, 0.717) is 24.0 Å². The van der Waals surface area contributed by atoms with Crippen LogP contribution in [0.4, 0.5) is 11.4 Å². The second-order valence-electron chi connectivity index (χ2n) is 18.2. The van der Waals surface area contributed by atoms with Gasteiger partial charge in [-0.1, -0.05) is 161 Å². The summed E-state index contributed by atoms with van der Waals surface area (Å²) >= 11 is 0. The minimum atomic E-state index is 0.262. The number of rotatable bonds is 9. The molecule has 6 aromatic carbocycles. The van der Waals surface area contributed by atoms with E-state index in [1.54, 1.807) is 23.7 Å². The van der Waals surface area contributed by atoms with Gasteiger partial charge in [-0.05, 0) is 89.4 Å². The van der Waals surface area contributed by atoms with Crippen LogP contribution in [0.1, 0.15) is 105 Å². The fourth-order valence-electron chi connectivity index (χ4n) is 7.61. The lowest BCUT2D eigenvalue weighted by molar-refractivity contribution is 0.531. The molecule has 0 aliphatic rings. The van der Waals surface area contributed by atoms with E-state index in [2.05, 4.69) is 211 Å². The number of fused-ring (bicyclic) bond motifs is 3. The third-order valence-electron chi connectivity index (χ3n) is 11.2. The molecule has 0 saturated heterocycles. The molecule has 0 radical (unpaired) electrons. The lowest BCUT2D eigenvalue weighted by Crippen LogP contribution is -2.25. The highest BCUT2D eigenvalue weighted by atomic mass is 15.3. The van der Waals surface area contributed by atoms with Crippen molar-refractivity contribution in [1.82, 2.24) is 44.3 Å². The second kappa shape index (κ2) is 26.1. The van der Waals surface area contributed by atoms with Crippen LogP contribution < -0.4 is 4.90 Å². The lowest BCUT2D eigenvalue weighted by atomic mass is 10.1. The summed E-state index contributed by atoms with van der Waals surface area (Å²) in [5.74, 6) is 3.08. The quantitative estimate of drug-likeness (QED) is 0.141. The molecule has 358 valence electrons. The molecule has 10 rings (SSSR count). The van der Waals surface area contributed by atoms with Gasteiger partial charge in [0.15, 0.2) is 11.6 Å². The van der Waals surface area contributed by atoms with Crippen molar-refractivity contribution in [1.29, 1.82) is 0 Å². The van der Waals surface area contributed by atoms with Crippen LogP contribution in [0.25, 0.3) is 44.6 Å². The predicted molar refractivity (Wildman–Crippen MR) is 291 cm³/mol. The Kier molecular flexibility index (Phi) is 19.2. The van der Waals surface area contributed by atoms with Gasteiger partial charge in [-0.3, -0.25) is 4.68 Å². The summed E-state index contributed by atoms with van der Waals surface area (Å²) in [6.07, 6.45) is 8.49. The molecule has 10 heteroatoms. The minimum Gasteiger partial charge on any atom is -0.339 e. The zero-order chi connectivity index (χ0) is 49.8. The van der Waals surface area contributed by atoms with E-state index in [0.717, 1.165) is 28.6 Å². The average Bonchev–Trinajstić information content (AvgIpc) is 4.07. The topological polar surface area (TPSA) is 103 Å². The maximum absolute atomic E-state index is 4.63. The second-order valence-corrected chi connectivity index (χ2v) is 18.2. The van der Waals surface area contributed by atoms with Gasteiger partial charge in [-0.25, -0.2) is 29.9 Å². The zero-order valence-corrected chi connectivity index (χ0v) is 42.4. The first-order chi connectivity index (χ1) is 33.9. The van der Waals surface area contributed by atoms with Crippen LogP contribution in [-0.4, -0.2) is 50.3 Å². The van der Waals surface area contributed by atoms with Crippen molar-refractivity contribution >= 4 is 33.2 Å². The Hall–Kier alpha value is -7.85. The van der Waals surface area contributed by atoms with Gasteiger partial charge >= 0.3 is 0 Å². The largest absolute Gasteiger partial charge is 0.339 e. The van der Waals surface area contributed by atoms with Gasteiger partial charge in [0.2, 0.25) is 0 Å². The van der Waals surface area contributed by atoms with Gasteiger partial charge < -0.3 is 9.47 Å². The van der Waals surface area contributed by atoms with Crippen LogP contribution in [0.3, 0.4) is 0 Å². The van der Waals surface area contributed by atoms with E-state index in [1.165, 1.54) is 38.7 Å². The monoisotopic (exact) mass is 929 g/mol. The fraction of sp³-hybridized carbons (Fsp3) is 0.250. The lowest BCUT2D eigenvalue weighted by Gasteiger charge is -2.29. The first-order valence-corrected chi connectivity index (χ1v) is 24.3. The average molecular weight is 929 g/mol. The van der Waals surface area contributed by atoms with Crippen LogP contribution in [-0.2, 0) is 0 Å². The molecule has 0 aliphatic carbocycles. The molecule has 0 fully saturated rings. The van der Waals surface area contributed by atoms with Gasteiger partial charge in [-0.15, -0.1) is 0 Å².